The molecular weight excluding hydrogens is 240 g/mol. The molecule has 0 amide bonds. The van der Waals surface area contributed by atoms with Gasteiger partial charge in [0.2, 0.25) is 0 Å². The van der Waals surface area contributed by atoms with E-state index >= 15 is 0 Å². The predicted molar refractivity (Wildman–Crippen MR) is 84.9 cm³/mol. The largest absolute Gasteiger partial charge is 0.0761 e. The highest BCUT2D eigenvalue weighted by Crippen LogP contribution is 2.55. The number of rotatable bonds is 0. The van der Waals surface area contributed by atoms with E-state index in [-0.39, 0.29) is 0 Å². The van der Waals surface area contributed by atoms with Gasteiger partial charge in [0, 0.05) is 11.8 Å². The zero-order valence-electron chi connectivity index (χ0n) is 10.9. The van der Waals surface area contributed by atoms with Gasteiger partial charge in [-0.05, 0) is 43.8 Å². The van der Waals surface area contributed by atoms with Gasteiger partial charge in [-0.15, -0.1) is 0 Å². The zero-order valence-corrected chi connectivity index (χ0v) is 10.9. The highest BCUT2D eigenvalue weighted by atomic mass is 14.4. The summed E-state index contributed by atoms with van der Waals surface area (Å²) >= 11 is 0. The van der Waals surface area contributed by atoms with Crippen molar-refractivity contribution >= 4 is 33.7 Å². The fraction of sp³-hybridized carbons (Fsp3) is 0.100. The topological polar surface area (TPSA) is 0 Å². The Bertz CT molecular complexity index is 921. The Morgan fingerprint density at radius 3 is 1.65 bits per heavy atom. The number of allylic oxidation sites excluding steroid dienone is 2. The van der Waals surface area contributed by atoms with Gasteiger partial charge >= 0.3 is 0 Å². The molecule has 6 rings (SSSR count). The predicted octanol–water partition coefficient (Wildman–Crippen LogP) is 5.11. The van der Waals surface area contributed by atoms with E-state index < -0.39 is 0 Å². The summed E-state index contributed by atoms with van der Waals surface area (Å²) in [6.07, 6.45) is 9.39. The Balaban J connectivity index is 2.02. The van der Waals surface area contributed by atoms with Crippen molar-refractivity contribution in [3.05, 3.63) is 70.8 Å². The highest BCUT2D eigenvalue weighted by Gasteiger charge is 2.37. The summed E-state index contributed by atoms with van der Waals surface area (Å²) in [7, 11) is 0. The molecule has 3 aromatic rings. The van der Waals surface area contributed by atoms with Crippen LogP contribution in [0.3, 0.4) is 0 Å². The summed E-state index contributed by atoms with van der Waals surface area (Å²) in [5, 5.41) is 5.82. The van der Waals surface area contributed by atoms with Gasteiger partial charge in [-0.2, -0.15) is 0 Å². The first-order valence-electron chi connectivity index (χ1n) is 7.30. The lowest BCUT2D eigenvalue weighted by molar-refractivity contribution is 0.689. The van der Waals surface area contributed by atoms with Crippen LogP contribution in [0, 0.1) is 5.92 Å². The van der Waals surface area contributed by atoms with Crippen molar-refractivity contribution in [3.63, 3.8) is 0 Å². The fourth-order valence-electron chi connectivity index (χ4n) is 4.53. The van der Waals surface area contributed by atoms with Crippen molar-refractivity contribution in [3.8, 4) is 0 Å². The maximum absolute atomic E-state index is 2.38. The lowest BCUT2D eigenvalue weighted by atomic mass is 9.74. The summed E-state index contributed by atoms with van der Waals surface area (Å²) in [6, 6.07) is 13.7. The molecule has 0 heterocycles. The Kier molecular flexibility index (Phi) is 1.37. The van der Waals surface area contributed by atoms with Gasteiger partial charge in [-0.1, -0.05) is 60.7 Å². The van der Waals surface area contributed by atoms with Crippen LogP contribution < -0.4 is 0 Å². The second kappa shape index (κ2) is 2.88. The Labute approximate surface area is 117 Å². The van der Waals surface area contributed by atoms with Crippen molar-refractivity contribution in [2.75, 3.05) is 0 Å². The Hall–Kier alpha value is -2.34. The van der Waals surface area contributed by atoms with Gasteiger partial charge in [0.15, 0.2) is 0 Å². The van der Waals surface area contributed by atoms with E-state index in [1.54, 1.807) is 11.1 Å². The van der Waals surface area contributed by atoms with E-state index in [4.69, 9.17) is 0 Å². The summed E-state index contributed by atoms with van der Waals surface area (Å²) < 4.78 is 0. The maximum atomic E-state index is 2.38. The molecule has 0 saturated carbocycles. The number of benzene rings is 3. The molecule has 0 spiro atoms. The van der Waals surface area contributed by atoms with Crippen LogP contribution in [-0.4, -0.2) is 0 Å². The van der Waals surface area contributed by atoms with E-state index in [1.165, 1.54) is 32.7 Å². The van der Waals surface area contributed by atoms with Gasteiger partial charge in [-0.3, -0.25) is 0 Å². The first-order valence-corrected chi connectivity index (χ1v) is 7.30. The standard InChI is InChI=1S/C20H12/c1-2-12-5-6-14-9-10-15-8-7-13-4-3-11(1)16-17(12)19(14)20(15)18(13)16/h1-11,16H. The smallest absolute Gasteiger partial charge is 0.0212 e. The summed E-state index contributed by atoms with van der Waals surface area (Å²) in [5.74, 6) is 1.10. The highest BCUT2D eigenvalue weighted by molar-refractivity contribution is 6.16. The van der Waals surface area contributed by atoms with Crippen LogP contribution in [0.2, 0.25) is 0 Å². The zero-order chi connectivity index (χ0) is 12.8. The van der Waals surface area contributed by atoms with E-state index in [0.29, 0.717) is 11.8 Å². The molecule has 0 aliphatic heterocycles. The molecule has 3 aliphatic carbocycles. The minimum atomic E-state index is 0.540. The molecule has 0 saturated heterocycles. The van der Waals surface area contributed by atoms with E-state index in [1.807, 2.05) is 0 Å². The summed E-state index contributed by atoms with van der Waals surface area (Å²) in [5.41, 5.74) is 5.99. The fourth-order valence-corrected chi connectivity index (χ4v) is 4.53. The molecule has 0 bridgehead atoms. The van der Waals surface area contributed by atoms with Crippen LogP contribution in [-0.2, 0) is 0 Å². The number of hydrogen-bond donors (Lipinski definition) is 0. The van der Waals surface area contributed by atoms with Gasteiger partial charge < -0.3 is 0 Å². The molecule has 0 unspecified atom stereocenters. The SMILES string of the molecule is C1=CC2C=Cc3ccc4ccc5ccc1c1c5c4c3C12. The monoisotopic (exact) mass is 252 g/mol. The summed E-state index contributed by atoms with van der Waals surface area (Å²) in [6.45, 7) is 0. The quantitative estimate of drug-likeness (QED) is 0.488. The molecule has 20 heavy (non-hydrogen) atoms. The normalized spacial score (nSPS) is 23.6. The molecule has 3 aromatic carbocycles. The van der Waals surface area contributed by atoms with Crippen molar-refractivity contribution in [1.82, 2.24) is 0 Å². The molecule has 0 heteroatoms. The third kappa shape index (κ3) is 0.857. The average Bonchev–Trinajstić information content (AvgIpc) is 2.88. The Morgan fingerprint density at radius 2 is 1.10 bits per heavy atom. The van der Waals surface area contributed by atoms with Crippen LogP contribution in [0.4, 0.5) is 0 Å². The molecule has 0 N–H and O–H groups in total. The Morgan fingerprint density at radius 1 is 0.600 bits per heavy atom. The molecule has 92 valence electrons. The number of hydrogen-bond acceptors (Lipinski definition) is 0. The molecule has 0 radical (unpaired) electrons. The molecule has 3 aliphatic rings. The van der Waals surface area contributed by atoms with E-state index in [0.717, 1.165) is 0 Å². The van der Waals surface area contributed by atoms with Gasteiger partial charge in [-0.25, -0.2) is 0 Å². The van der Waals surface area contributed by atoms with Crippen molar-refractivity contribution in [2.24, 2.45) is 5.92 Å². The van der Waals surface area contributed by atoms with Crippen molar-refractivity contribution in [1.29, 1.82) is 0 Å². The minimum absolute atomic E-state index is 0.540. The van der Waals surface area contributed by atoms with Crippen LogP contribution in [0.25, 0.3) is 33.7 Å². The third-order valence-corrected chi connectivity index (χ3v) is 5.32. The van der Waals surface area contributed by atoms with Crippen molar-refractivity contribution < 1.29 is 0 Å². The molecular formula is C20H12. The second-order valence-electron chi connectivity index (χ2n) is 6.17. The molecule has 0 atom stereocenters. The first kappa shape index (κ1) is 9.55. The van der Waals surface area contributed by atoms with E-state index in [2.05, 4.69) is 60.7 Å². The lowest BCUT2D eigenvalue weighted by Gasteiger charge is -2.29. The maximum Gasteiger partial charge on any atom is 0.0212 e. The summed E-state index contributed by atoms with van der Waals surface area (Å²) in [4.78, 5) is 0. The van der Waals surface area contributed by atoms with Gasteiger partial charge in [0.25, 0.3) is 0 Å². The van der Waals surface area contributed by atoms with E-state index in [9.17, 15) is 0 Å². The van der Waals surface area contributed by atoms with Crippen LogP contribution >= 0.6 is 0 Å². The van der Waals surface area contributed by atoms with Crippen LogP contribution in [0.15, 0.2) is 48.6 Å². The van der Waals surface area contributed by atoms with Gasteiger partial charge in [0.1, 0.15) is 0 Å². The average molecular weight is 252 g/mol. The first-order chi connectivity index (χ1) is 9.92. The molecule has 0 aromatic heterocycles. The third-order valence-electron chi connectivity index (χ3n) is 5.32. The van der Waals surface area contributed by atoms with Crippen molar-refractivity contribution in [2.45, 2.75) is 5.92 Å². The molecule has 0 fully saturated rings. The van der Waals surface area contributed by atoms with Gasteiger partial charge in [0.05, 0.1) is 0 Å². The lowest BCUT2D eigenvalue weighted by Crippen LogP contribution is -2.15. The van der Waals surface area contributed by atoms with Crippen LogP contribution in [0.1, 0.15) is 28.2 Å². The second-order valence-corrected chi connectivity index (χ2v) is 6.17. The minimum Gasteiger partial charge on any atom is -0.0761 e. The molecule has 0 nitrogen and oxygen atoms in total. The van der Waals surface area contributed by atoms with Crippen LogP contribution in [0.5, 0.6) is 0 Å².